The number of piperazine rings is 1. The smallest absolute Gasteiger partial charge is 0.417 e. The number of pyridine rings is 1. The van der Waals surface area contributed by atoms with Crippen molar-refractivity contribution in [3.63, 3.8) is 0 Å². The molecule has 0 bridgehead atoms. The third-order valence-electron chi connectivity index (χ3n) is 5.25. The molecule has 1 aromatic carbocycles. The van der Waals surface area contributed by atoms with Crippen LogP contribution in [-0.4, -0.2) is 55.2 Å². The van der Waals surface area contributed by atoms with Crippen molar-refractivity contribution in [3.8, 4) is 11.5 Å². The summed E-state index contributed by atoms with van der Waals surface area (Å²) in [6, 6.07) is 7.95. The zero-order chi connectivity index (χ0) is 22.0. The van der Waals surface area contributed by atoms with Crippen LogP contribution in [0.15, 0.2) is 42.1 Å². The van der Waals surface area contributed by atoms with Gasteiger partial charge in [-0.05, 0) is 31.2 Å². The van der Waals surface area contributed by atoms with Crippen molar-refractivity contribution in [2.24, 2.45) is 0 Å². The number of amides is 1. The van der Waals surface area contributed by atoms with Gasteiger partial charge in [-0.3, -0.25) is 4.79 Å². The Labute approximate surface area is 177 Å². The lowest BCUT2D eigenvalue weighted by Crippen LogP contribution is -2.49. The molecule has 6 nitrogen and oxygen atoms in total. The molecule has 4 rings (SSSR count). The second-order valence-corrected chi connectivity index (χ2v) is 7.25. The van der Waals surface area contributed by atoms with Gasteiger partial charge in [0.05, 0.1) is 17.7 Å². The van der Waals surface area contributed by atoms with E-state index in [1.807, 2.05) is 36.1 Å². The molecule has 2 aromatic rings. The number of carbonyl (C=O) groups excluding carboxylic acids is 1. The third kappa shape index (κ3) is 4.45. The fourth-order valence-electron chi connectivity index (χ4n) is 3.66. The van der Waals surface area contributed by atoms with E-state index in [0.717, 1.165) is 17.8 Å². The van der Waals surface area contributed by atoms with E-state index >= 15 is 0 Å². The van der Waals surface area contributed by atoms with Crippen molar-refractivity contribution < 1.29 is 27.4 Å². The van der Waals surface area contributed by atoms with Crippen molar-refractivity contribution in [2.45, 2.75) is 13.1 Å². The molecule has 3 heterocycles. The largest absolute Gasteiger partial charge is 0.490 e. The highest BCUT2D eigenvalue weighted by atomic mass is 19.4. The molecule has 0 spiro atoms. The molecule has 0 N–H and O–H groups in total. The van der Waals surface area contributed by atoms with Gasteiger partial charge >= 0.3 is 6.18 Å². The molecular formula is C22H22F3N3O3. The Morgan fingerprint density at radius 3 is 2.58 bits per heavy atom. The SMILES string of the molecule is CCOc1cccc2c1OCC(C(=O)N1CCN(c3ccc(C(F)(F)F)cn3)CC1)=C2. The third-order valence-corrected chi connectivity index (χ3v) is 5.25. The minimum atomic E-state index is -4.41. The number of hydrogen-bond donors (Lipinski definition) is 0. The van der Waals surface area contributed by atoms with Gasteiger partial charge in [0.2, 0.25) is 0 Å². The number of alkyl halides is 3. The van der Waals surface area contributed by atoms with Crippen LogP contribution in [0, 0.1) is 0 Å². The normalized spacial score (nSPS) is 16.3. The van der Waals surface area contributed by atoms with Gasteiger partial charge in [0.15, 0.2) is 11.5 Å². The number of carbonyl (C=O) groups is 1. The standard InChI is InChI=1S/C22H22F3N3O3/c1-2-30-18-5-3-4-15-12-16(14-31-20(15)18)21(29)28-10-8-27(9-11-28)19-7-6-17(13-26-19)22(23,24)25/h3-7,12-13H,2,8-11,14H2,1H3. The number of para-hydroxylation sites is 1. The summed E-state index contributed by atoms with van der Waals surface area (Å²) >= 11 is 0. The predicted molar refractivity (Wildman–Crippen MR) is 109 cm³/mol. The number of nitrogens with zero attached hydrogens (tertiary/aromatic N) is 3. The van der Waals surface area contributed by atoms with E-state index in [0.29, 0.717) is 55.7 Å². The Hall–Kier alpha value is -3.23. The van der Waals surface area contributed by atoms with Gasteiger partial charge in [0.25, 0.3) is 5.91 Å². The van der Waals surface area contributed by atoms with Gasteiger partial charge < -0.3 is 19.3 Å². The molecule has 0 atom stereocenters. The first-order valence-electron chi connectivity index (χ1n) is 10.0. The summed E-state index contributed by atoms with van der Waals surface area (Å²) in [6.45, 7) is 4.46. The van der Waals surface area contributed by atoms with Crippen LogP contribution in [0.3, 0.4) is 0 Å². The summed E-state index contributed by atoms with van der Waals surface area (Å²) < 4.78 is 49.5. The average Bonchev–Trinajstić information content (AvgIpc) is 2.78. The minimum absolute atomic E-state index is 0.104. The number of fused-ring (bicyclic) bond motifs is 1. The molecule has 164 valence electrons. The summed E-state index contributed by atoms with van der Waals surface area (Å²) in [6.07, 6.45) is -1.74. The maximum atomic E-state index is 13.0. The zero-order valence-corrected chi connectivity index (χ0v) is 17.0. The quantitative estimate of drug-likeness (QED) is 0.737. The summed E-state index contributed by atoms with van der Waals surface area (Å²) in [7, 11) is 0. The van der Waals surface area contributed by atoms with Gasteiger partial charge in [0, 0.05) is 37.9 Å². The van der Waals surface area contributed by atoms with Crippen LogP contribution in [0.2, 0.25) is 0 Å². The number of hydrogen-bond acceptors (Lipinski definition) is 5. The highest BCUT2D eigenvalue weighted by molar-refractivity contribution is 5.99. The second-order valence-electron chi connectivity index (χ2n) is 7.25. The number of rotatable bonds is 4. The van der Waals surface area contributed by atoms with Crippen molar-refractivity contribution in [1.29, 1.82) is 0 Å². The lowest BCUT2D eigenvalue weighted by molar-refractivity contribution is -0.137. The molecule has 0 radical (unpaired) electrons. The molecule has 0 saturated carbocycles. The Kier molecular flexibility index (Phi) is 5.75. The molecule has 0 aliphatic carbocycles. The first kappa shape index (κ1) is 21.0. The highest BCUT2D eigenvalue weighted by Gasteiger charge is 2.31. The van der Waals surface area contributed by atoms with E-state index in [1.165, 1.54) is 6.07 Å². The van der Waals surface area contributed by atoms with E-state index < -0.39 is 11.7 Å². The molecule has 2 aliphatic rings. The monoisotopic (exact) mass is 433 g/mol. The predicted octanol–water partition coefficient (Wildman–Crippen LogP) is 3.62. The maximum absolute atomic E-state index is 13.0. The molecule has 1 amide bonds. The molecule has 1 fully saturated rings. The van der Waals surface area contributed by atoms with Crippen molar-refractivity contribution in [2.75, 3.05) is 44.3 Å². The molecule has 1 saturated heterocycles. The van der Waals surface area contributed by atoms with Crippen LogP contribution in [0.25, 0.3) is 6.08 Å². The lowest BCUT2D eigenvalue weighted by Gasteiger charge is -2.36. The summed E-state index contributed by atoms with van der Waals surface area (Å²) in [5.41, 5.74) is 0.581. The fourth-order valence-corrected chi connectivity index (χ4v) is 3.66. The van der Waals surface area contributed by atoms with E-state index in [4.69, 9.17) is 9.47 Å². The molecule has 31 heavy (non-hydrogen) atoms. The highest BCUT2D eigenvalue weighted by Crippen LogP contribution is 2.36. The zero-order valence-electron chi connectivity index (χ0n) is 17.0. The van der Waals surface area contributed by atoms with Crippen molar-refractivity contribution >= 4 is 17.8 Å². The molecule has 0 unspecified atom stereocenters. The number of halogens is 3. The maximum Gasteiger partial charge on any atom is 0.417 e. The number of aromatic nitrogens is 1. The summed E-state index contributed by atoms with van der Waals surface area (Å²) in [5, 5.41) is 0. The Balaban J connectivity index is 1.40. The Morgan fingerprint density at radius 1 is 1.16 bits per heavy atom. The number of benzene rings is 1. The second kappa shape index (κ2) is 8.49. The Bertz CT molecular complexity index is 982. The van der Waals surface area contributed by atoms with Gasteiger partial charge in [-0.1, -0.05) is 12.1 Å². The summed E-state index contributed by atoms with van der Waals surface area (Å²) in [5.74, 6) is 1.66. The van der Waals surface area contributed by atoms with Crippen LogP contribution in [-0.2, 0) is 11.0 Å². The van der Waals surface area contributed by atoms with Gasteiger partial charge in [-0.2, -0.15) is 13.2 Å². The first-order chi connectivity index (χ1) is 14.9. The van der Waals surface area contributed by atoms with E-state index in [1.54, 1.807) is 4.90 Å². The van der Waals surface area contributed by atoms with Crippen molar-refractivity contribution in [3.05, 3.63) is 53.2 Å². The van der Waals surface area contributed by atoms with Crippen LogP contribution >= 0.6 is 0 Å². The number of anilines is 1. The van der Waals surface area contributed by atoms with Crippen LogP contribution in [0.5, 0.6) is 11.5 Å². The minimum Gasteiger partial charge on any atom is -0.490 e. The lowest BCUT2D eigenvalue weighted by atomic mass is 10.1. The molecule has 9 heteroatoms. The van der Waals surface area contributed by atoms with E-state index in [2.05, 4.69) is 4.98 Å². The molecular weight excluding hydrogens is 411 g/mol. The molecule has 2 aliphatic heterocycles. The Morgan fingerprint density at radius 2 is 1.94 bits per heavy atom. The first-order valence-corrected chi connectivity index (χ1v) is 10.0. The topological polar surface area (TPSA) is 54.9 Å². The number of ether oxygens (including phenoxy) is 2. The van der Waals surface area contributed by atoms with Crippen LogP contribution < -0.4 is 14.4 Å². The fraction of sp³-hybridized carbons (Fsp3) is 0.364. The average molecular weight is 433 g/mol. The van der Waals surface area contributed by atoms with Gasteiger partial charge in [-0.15, -0.1) is 0 Å². The van der Waals surface area contributed by atoms with E-state index in [-0.39, 0.29) is 12.5 Å². The summed E-state index contributed by atoms with van der Waals surface area (Å²) in [4.78, 5) is 20.5. The van der Waals surface area contributed by atoms with E-state index in [9.17, 15) is 18.0 Å². The van der Waals surface area contributed by atoms with Gasteiger partial charge in [-0.25, -0.2) is 4.98 Å². The van der Waals surface area contributed by atoms with Crippen molar-refractivity contribution in [1.82, 2.24) is 9.88 Å². The van der Waals surface area contributed by atoms with Gasteiger partial charge in [0.1, 0.15) is 12.4 Å². The van der Waals surface area contributed by atoms with Crippen LogP contribution in [0.1, 0.15) is 18.1 Å². The molecule has 1 aromatic heterocycles. The van der Waals surface area contributed by atoms with Crippen LogP contribution in [0.4, 0.5) is 19.0 Å².